The van der Waals surface area contributed by atoms with Crippen molar-refractivity contribution in [3.05, 3.63) is 176 Å². The van der Waals surface area contributed by atoms with Gasteiger partial charge < -0.3 is 4.57 Å². The quantitative estimate of drug-likeness (QED) is 0.167. The minimum atomic E-state index is 0. The molecule has 1 heterocycles. The monoisotopic (exact) mass is 603 g/mol. The number of allylic oxidation sites excluding steroid dienone is 1. The topological polar surface area (TPSA) is 4.93 Å². The van der Waals surface area contributed by atoms with Gasteiger partial charge in [-0.25, -0.2) is 0 Å². The first-order chi connectivity index (χ1) is 22.8. The molecular formula is C46H37N. The highest BCUT2D eigenvalue weighted by atomic mass is 15.0. The molecule has 0 bridgehead atoms. The summed E-state index contributed by atoms with van der Waals surface area (Å²) in [5, 5.41) is 6.20. The number of aromatic nitrogens is 1. The molecule has 47 heavy (non-hydrogen) atoms. The number of nitrogens with zero attached hydrogens (tertiary/aromatic N) is 1. The Morgan fingerprint density at radius 1 is 0.489 bits per heavy atom. The third-order valence-electron chi connectivity index (χ3n) is 9.09. The molecule has 0 atom stereocenters. The van der Waals surface area contributed by atoms with Crippen LogP contribution in [0.15, 0.2) is 164 Å². The van der Waals surface area contributed by atoms with Crippen LogP contribution in [0.5, 0.6) is 0 Å². The lowest BCUT2D eigenvalue weighted by Crippen LogP contribution is -1.96. The molecular weight excluding hydrogens is 567 g/mol. The highest BCUT2D eigenvalue weighted by molar-refractivity contribution is 6.22. The number of hydrogen-bond donors (Lipinski definition) is 0. The molecule has 1 aromatic heterocycles. The fourth-order valence-electron chi connectivity index (χ4n) is 7.09. The second kappa shape index (κ2) is 12.5. The van der Waals surface area contributed by atoms with Gasteiger partial charge in [0, 0.05) is 16.6 Å². The van der Waals surface area contributed by atoms with Gasteiger partial charge >= 0.3 is 0 Å². The van der Waals surface area contributed by atoms with Crippen LogP contribution in [0.4, 0.5) is 0 Å². The molecule has 0 saturated heterocycles. The van der Waals surface area contributed by atoms with Crippen LogP contribution < -0.4 is 0 Å². The minimum absolute atomic E-state index is 0. The third-order valence-corrected chi connectivity index (χ3v) is 9.09. The summed E-state index contributed by atoms with van der Waals surface area (Å²) in [6, 6.07) is 54.9. The van der Waals surface area contributed by atoms with Gasteiger partial charge in [0.2, 0.25) is 0 Å². The molecule has 0 amide bonds. The van der Waals surface area contributed by atoms with Crippen LogP contribution in [0, 0.1) is 0 Å². The van der Waals surface area contributed by atoms with E-state index in [9.17, 15) is 0 Å². The predicted molar refractivity (Wildman–Crippen MR) is 206 cm³/mol. The van der Waals surface area contributed by atoms with E-state index in [2.05, 4.69) is 182 Å². The van der Waals surface area contributed by atoms with Crippen LogP contribution in [0.2, 0.25) is 0 Å². The maximum atomic E-state index is 4.26. The van der Waals surface area contributed by atoms with Crippen molar-refractivity contribution in [3.8, 4) is 39.1 Å². The Bertz CT molecular complexity index is 2350. The summed E-state index contributed by atoms with van der Waals surface area (Å²) in [7, 11) is 0. The van der Waals surface area contributed by atoms with E-state index in [4.69, 9.17) is 0 Å². The van der Waals surface area contributed by atoms with E-state index in [0.29, 0.717) is 0 Å². The summed E-state index contributed by atoms with van der Waals surface area (Å²) in [5.41, 5.74) is 12.0. The van der Waals surface area contributed by atoms with Gasteiger partial charge in [-0.2, -0.15) is 0 Å². The summed E-state index contributed by atoms with van der Waals surface area (Å²) >= 11 is 0. The van der Waals surface area contributed by atoms with Crippen molar-refractivity contribution >= 4 is 44.6 Å². The molecule has 0 unspecified atom stereocenters. The first kappa shape index (κ1) is 29.8. The average Bonchev–Trinajstić information content (AvgIpc) is 3.43. The number of benzene rings is 7. The fourth-order valence-corrected chi connectivity index (χ4v) is 7.09. The molecule has 1 heteroatoms. The van der Waals surface area contributed by atoms with Crippen molar-refractivity contribution in [1.29, 1.82) is 0 Å². The molecule has 1 nitrogen and oxygen atoms in total. The maximum Gasteiger partial charge on any atom is 0.0541 e. The lowest BCUT2D eigenvalue weighted by atomic mass is 9.85. The number of para-hydroxylation sites is 1. The van der Waals surface area contributed by atoms with Crippen LogP contribution in [0.25, 0.3) is 83.7 Å². The second-order valence-corrected chi connectivity index (χ2v) is 11.7. The highest BCUT2D eigenvalue weighted by Crippen LogP contribution is 2.45. The molecule has 7 aromatic carbocycles. The van der Waals surface area contributed by atoms with Crippen LogP contribution in [-0.2, 0) is 0 Å². The van der Waals surface area contributed by atoms with Crippen LogP contribution >= 0.6 is 0 Å². The molecule has 8 rings (SSSR count). The van der Waals surface area contributed by atoms with E-state index in [1.165, 1.54) is 65.8 Å². The summed E-state index contributed by atoms with van der Waals surface area (Å²) in [6.45, 7) is 6.33. The molecule has 0 radical (unpaired) electrons. The molecule has 226 valence electrons. The average molecular weight is 604 g/mol. The number of hydrogen-bond acceptors (Lipinski definition) is 0. The molecule has 0 fully saturated rings. The summed E-state index contributed by atoms with van der Waals surface area (Å²) in [4.78, 5) is 0. The first-order valence-electron chi connectivity index (χ1n) is 15.9. The zero-order chi connectivity index (χ0) is 31.0. The Morgan fingerprint density at radius 2 is 0.957 bits per heavy atom. The lowest BCUT2D eigenvalue weighted by molar-refractivity contribution is 1.10. The van der Waals surface area contributed by atoms with Crippen molar-refractivity contribution in [2.75, 3.05) is 0 Å². The molecule has 0 saturated carbocycles. The Morgan fingerprint density at radius 3 is 1.51 bits per heavy atom. The van der Waals surface area contributed by atoms with Gasteiger partial charge in [0.15, 0.2) is 0 Å². The van der Waals surface area contributed by atoms with E-state index >= 15 is 0 Å². The van der Waals surface area contributed by atoms with Crippen molar-refractivity contribution < 1.29 is 0 Å². The van der Waals surface area contributed by atoms with Gasteiger partial charge in [0.05, 0.1) is 11.2 Å². The van der Waals surface area contributed by atoms with Gasteiger partial charge in [0.25, 0.3) is 0 Å². The summed E-state index contributed by atoms with van der Waals surface area (Å²) < 4.78 is 2.34. The Hall–Kier alpha value is -5.92. The molecule has 8 aromatic rings. The standard InChI is InChI=1S/C45H33N.CH4/c1-3-15-42-36(4-2)41-30-34(28-29-43(41)46(42)35-18-9-6-10-19-35)45-39-22-13-11-20-37(39)44(38-21-12-14-23-40(38)45)33-26-24-32(25-27-33)31-16-7-5-8-17-31;/h3-30H,2H2,1H3;1H4/b15-3-;. The van der Waals surface area contributed by atoms with E-state index in [0.717, 1.165) is 16.9 Å². The SMILES string of the molecule is C.C=Cc1c(/C=C\C)n(-c2ccccc2)c2ccc(-c3c4ccccc4c(-c4ccc(-c5ccccc5)cc4)c4ccccc34)cc12. The number of fused-ring (bicyclic) bond motifs is 3. The van der Waals surface area contributed by atoms with Gasteiger partial charge in [-0.3, -0.25) is 0 Å². The Kier molecular flexibility index (Phi) is 7.90. The summed E-state index contributed by atoms with van der Waals surface area (Å²) in [6.07, 6.45) is 6.29. The van der Waals surface area contributed by atoms with Gasteiger partial charge in [-0.05, 0) is 92.2 Å². The maximum absolute atomic E-state index is 4.26. The largest absolute Gasteiger partial charge is 0.309 e. The first-order valence-corrected chi connectivity index (χ1v) is 15.9. The van der Waals surface area contributed by atoms with E-state index in [1.807, 2.05) is 6.08 Å². The van der Waals surface area contributed by atoms with Gasteiger partial charge in [0.1, 0.15) is 0 Å². The van der Waals surface area contributed by atoms with Gasteiger partial charge in [-0.1, -0.05) is 154 Å². The molecule has 0 aliphatic carbocycles. The van der Waals surface area contributed by atoms with Crippen LogP contribution in [-0.4, -0.2) is 4.57 Å². The Balaban J connectivity index is 0.00000351. The van der Waals surface area contributed by atoms with E-state index in [1.54, 1.807) is 0 Å². The van der Waals surface area contributed by atoms with E-state index in [-0.39, 0.29) is 7.43 Å². The van der Waals surface area contributed by atoms with Crippen molar-refractivity contribution in [2.45, 2.75) is 14.4 Å². The highest BCUT2D eigenvalue weighted by Gasteiger charge is 2.19. The predicted octanol–water partition coefficient (Wildman–Crippen LogP) is 13.3. The molecule has 0 spiro atoms. The van der Waals surface area contributed by atoms with Crippen molar-refractivity contribution in [1.82, 2.24) is 4.57 Å². The van der Waals surface area contributed by atoms with Crippen LogP contribution in [0.1, 0.15) is 25.6 Å². The smallest absolute Gasteiger partial charge is 0.0541 e. The minimum Gasteiger partial charge on any atom is -0.309 e. The van der Waals surface area contributed by atoms with Crippen molar-refractivity contribution in [3.63, 3.8) is 0 Å². The van der Waals surface area contributed by atoms with Gasteiger partial charge in [-0.15, -0.1) is 0 Å². The van der Waals surface area contributed by atoms with E-state index < -0.39 is 0 Å². The third kappa shape index (κ3) is 4.98. The van der Waals surface area contributed by atoms with Crippen LogP contribution in [0.3, 0.4) is 0 Å². The Labute approximate surface area is 277 Å². The summed E-state index contributed by atoms with van der Waals surface area (Å²) in [5.74, 6) is 0. The molecule has 0 N–H and O–H groups in total. The zero-order valence-corrected chi connectivity index (χ0v) is 25.8. The number of rotatable bonds is 6. The lowest BCUT2D eigenvalue weighted by Gasteiger charge is -2.18. The normalized spacial score (nSPS) is 11.3. The second-order valence-electron chi connectivity index (χ2n) is 11.7. The van der Waals surface area contributed by atoms with Crippen molar-refractivity contribution in [2.24, 2.45) is 0 Å². The molecule has 0 aliphatic rings. The molecule has 0 aliphatic heterocycles. The zero-order valence-electron chi connectivity index (χ0n) is 25.8. The fraction of sp³-hybridized carbons (Fsp3) is 0.0435.